The summed E-state index contributed by atoms with van der Waals surface area (Å²) in [5.74, 6) is 0.756. The number of aromatic nitrogens is 3. The molecule has 0 spiro atoms. The third kappa shape index (κ3) is 7.05. The molecular formula is C29H38N8S. The van der Waals surface area contributed by atoms with Gasteiger partial charge in [0.15, 0.2) is 22.3 Å². The second-order valence-corrected chi connectivity index (χ2v) is 12.5. The van der Waals surface area contributed by atoms with Crippen molar-refractivity contribution >= 4 is 28.2 Å². The summed E-state index contributed by atoms with van der Waals surface area (Å²) in [4.78, 5) is 12.3. The summed E-state index contributed by atoms with van der Waals surface area (Å²) in [6.45, 7) is 19.4. The van der Waals surface area contributed by atoms with Crippen molar-refractivity contribution in [1.29, 1.82) is 10.5 Å². The molecule has 8 nitrogen and oxygen atoms in total. The number of benzene rings is 1. The standard InChI is InChI=1S/C29H38N8S/c1-9-36(10-2)27-33-25(24(38-27)29(6,7)8)34-35-26-32-22(17-30)23(18-31)37(26)19-21-13-11-20(12-14-21)15-16-28(3,4)5/h11-14H,9-10,15-16,19H2,1-8H3/b35-34+. The first-order valence-electron chi connectivity index (χ1n) is 13.1. The summed E-state index contributed by atoms with van der Waals surface area (Å²) in [5, 5.41) is 29.2. The molecule has 0 amide bonds. The summed E-state index contributed by atoms with van der Waals surface area (Å²) < 4.78 is 1.65. The highest BCUT2D eigenvalue weighted by Gasteiger charge is 2.25. The maximum Gasteiger partial charge on any atom is 0.252 e. The third-order valence-corrected chi connectivity index (χ3v) is 7.77. The molecule has 0 aliphatic heterocycles. The van der Waals surface area contributed by atoms with Gasteiger partial charge in [-0.25, -0.2) is 0 Å². The second-order valence-electron chi connectivity index (χ2n) is 11.6. The van der Waals surface area contributed by atoms with Crippen LogP contribution in [0.2, 0.25) is 0 Å². The Morgan fingerprint density at radius 2 is 1.55 bits per heavy atom. The van der Waals surface area contributed by atoms with Gasteiger partial charge in [0.1, 0.15) is 12.1 Å². The van der Waals surface area contributed by atoms with Crippen LogP contribution >= 0.6 is 11.3 Å². The molecule has 0 saturated carbocycles. The third-order valence-electron chi connectivity index (χ3n) is 6.23. The fourth-order valence-electron chi connectivity index (χ4n) is 3.95. The topological polar surface area (TPSA) is 106 Å². The van der Waals surface area contributed by atoms with Crippen LogP contribution in [0.15, 0.2) is 34.5 Å². The average Bonchev–Trinajstić information content (AvgIpc) is 3.44. The number of rotatable bonds is 9. The Labute approximate surface area is 230 Å². The molecule has 0 fully saturated rings. The minimum Gasteiger partial charge on any atom is -0.349 e. The number of aryl methyl sites for hydroxylation is 1. The van der Waals surface area contributed by atoms with Gasteiger partial charge in [-0.1, -0.05) is 77.1 Å². The number of azo groups is 1. The van der Waals surface area contributed by atoms with Gasteiger partial charge in [-0.15, -0.1) is 10.2 Å². The lowest BCUT2D eigenvalue weighted by molar-refractivity contribution is 0.378. The number of anilines is 1. The molecule has 200 valence electrons. The van der Waals surface area contributed by atoms with Crippen molar-refractivity contribution in [2.24, 2.45) is 15.6 Å². The van der Waals surface area contributed by atoms with Crippen LogP contribution in [0, 0.1) is 28.1 Å². The maximum atomic E-state index is 9.82. The van der Waals surface area contributed by atoms with E-state index in [1.807, 2.05) is 6.07 Å². The van der Waals surface area contributed by atoms with Crippen molar-refractivity contribution in [2.45, 2.75) is 80.2 Å². The largest absolute Gasteiger partial charge is 0.349 e. The minimum absolute atomic E-state index is 0.0430. The molecule has 0 N–H and O–H groups in total. The summed E-state index contributed by atoms with van der Waals surface area (Å²) in [7, 11) is 0. The Balaban J connectivity index is 1.97. The van der Waals surface area contributed by atoms with E-state index in [0.29, 0.717) is 12.4 Å². The lowest BCUT2D eigenvalue weighted by Gasteiger charge is -2.17. The normalized spacial score (nSPS) is 12.1. The molecule has 1 aromatic carbocycles. The van der Waals surface area contributed by atoms with E-state index in [0.717, 1.165) is 41.5 Å². The number of hydrogen-bond acceptors (Lipinski definition) is 8. The van der Waals surface area contributed by atoms with Crippen molar-refractivity contribution < 1.29 is 0 Å². The van der Waals surface area contributed by atoms with Crippen LogP contribution in [-0.2, 0) is 18.4 Å². The van der Waals surface area contributed by atoms with Crippen molar-refractivity contribution in [1.82, 2.24) is 14.5 Å². The van der Waals surface area contributed by atoms with Gasteiger partial charge in [0.2, 0.25) is 0 Å². The molecule has 3 aromatic rings. The number of nitriles is 2. The molecule has 0 saturated heterocycles. The molecule has 0 unspecified atom stereocenters. The molecule has 38 heavy (non-hydrogen) atoms. The highest BCUT2D eigenvalue weighted by atomic mass is 32.1. The van der Waals surface area contributed by atoms with E-state index in [1.165, 1.54) is 5.56 Å². The Bertz CT molecular complexity index is 1350. The monoisotopic (exact) mass is 530 g/mol. The van der Waals surface area contributed by atoms with Gasteiger partial charge in [-0.05, 0) is 43.2 Å². The quantitative estimate of drug-likeness (QED) is 0.264. The Morgan fingerprint density at radius 1 is 0.921 bits per heavy atom. The smallest absolute Gasteiger partial charge is 0.252 e. The predicted molar refractivity (Wildman–Crippen MR) is 154 cm³/mol. The molecule has 0 atom stereocenters. The first-order valence-corrected chi connectivity index (χ1v) is 13.9. The van der Waals surface area contributed by atoms with Crippen molar-refractivity contribution in [3.63, 3.8) is 0 Å². The molecule has 0 bridgehead atoms. The van der Waals surface area contributed by atoms with Crippen molar-refractivity contribution in [3.05, 3.63) is 51.7 Å². The highest BCUT2D eigenvalue weighted by molar-refractivity contribution is 7.16. The van der Waals surface area contributed by atoms with Gasteiger partial charge in [0.05, 0.1) is 11.4 Å². The zero-order chi connectivity index (χ0) is 28.1. The van der Waals surface area contributed by atoms with Crippen LogP contribution in [-0.4, -0.2) is 27.6 Å². The first kappa shape index (κ1) is 29.0. The number of hydrogen-bond donors (Lipinski definition) is 0. The van der Waals surface area contributed by atoms with Crippen LogP contribution in [0.4, 0.5) is 16.9 Å². The molecule has 9 heteroatoms. The summed E-state index contributed by atoms with van der Waals surface area (Å²) in [6, 6.07) is 12.5. The van der Waals surface area contributed by atoms with Gasteiger partial charge < -0.3 is 4.90 Å². The van der Waals surface area contributed by atoms with Gasteiger partial charge in [-0.3, -0.25) is 4.57 Å². The van der Waals surface area contributed by atoms with Crippen LogP contribution in [0.3, 0.4) is 0 Å². The van der Waals surface area contributed by atoms with Crippen molar-refractivity contribution in [2.75, 3.05) is 18.0 Å². The lowest BCUT2D eigenvalue weighted by atomic mass is 9.88. The molecule has 2 aromatic heterocycles. The molecular weight excluding hydrogens is 492 g/mol. The lowest BCUT2D eigenvalue weighted by Crippen LogP contribution is -2.21. The van der Waals surface area contributed by atoms with E-state index in [4.69, 9.17) is 4.98 Å². The van der Waals surface area contributed by atoms with E-state index in [9.17, 15) is 10.5 Å². The van der Waals surface area contributed by atoms with E-state index in [2.05, 4.69) is 106 Å². The van der Waals surface area contributed by atoms with Crippen LogP contribution in [0.1, 0.15) is 89.2 Å². The van der Waals surface area contributed by atoms with Crippen molar-refractivity contribution in [3.8, 4) is 12.1 Å². The zero-order valence-corrected chi connectivity index (χ0v) is 24.6. The van der Waals surface area contributed by atoms with E-state index in [-0.39, 0.29) is 28.2 Å². The van der Waals surface area contributed by atoms with E-state index >= 15 is 0 Å². The Kier molecular flexibility index (Phi) is 9.06. The van der Waals surface area contributed by atoms with Gasteiger partial charge in [0, 0.05) is 18.5 Å². The Hall–Kier alpha value is -3.56. The fraction of sp³-hybridized carbons (Fsp3) is 0.517. The van der Waals surface area contributed by atoms with Gasteiger partial charge >= 0.3 is 0 Å². The van der Waals surface area contributed by atoms with Gasteiger partial charge in [0.25, 0.3) is 5.95 Å². The zero-order valence-electron chi connectivity index (χ0n) is 23.8. The number of nitrogens with zero attached hydrogens (tertiary/aromatic N) is 8. The molecule has 0 radical (unpaired) electrons. The first-order chi connectivity index (χ1) is 17.9. The summed E-state index contributed by atoms with van der Waals surface area (Å²) in [6.07, 6.45) is 2.11. The highest BCUT2D eigenvalue weighted by Crippen LogP contribution is 2.40. The predicted octanol–water partition coefficient (Wildman–Crippen LogP) is 7.67. The SMILES string of the molecule is CCN(CC)c1nc(/N=N/c2nc(C#N)c(C#N)n2Cc2ccc(CCC(C)(C)C)cc2)c(C(C)(C)C)s1. The average molecular weight is 531 g/mol. The second kappa shape index (κ2) is 11.9. The maximum absolute atomic E-state index is 9.82. The molecule has 2 heterocycles. The molecule has 0 aliphatic carbocycles. The minimum atomic E-state index is -0.169. The van der Waals surface area contributed by atoms with Crippen LogP contribution < -0.4 is 4.90 Å². The number of imidazole rings is 1. The fourth-order valence-corrected chi connectivity index (χ4v) is 5.14. The molecule has 0 aliphatic rings. The summed E-state index contributed by atoms with van der Waals surface area (Å²) in [5.41, 5.74) is 2.60. The summed E-state index contributed by atoms with van der Waals surface area (Å²) >= 11 is 1.62. The van der Waals surface area contributed by atoms with Crippen LogP contribution in [0.25, 0.3) is 0 Å². The van der Waals surface area contributed by atoms with E-state index in [1.54, 1.807) is 15.9 Å². The number of thiazole rings is 1. The van der Waals surface area contributed by atoms with Crippen LogP contribution in [0.5, 0.6) is 0 Å². The van der Waals surface area contributed by atoms with Gasteiger partial charge in [-0.2, -0.15) is 20.5 Å². The van der Waals surface area contributed by atoms with E-state index < -0.39 is 0 Å². The Morgan fingerprint density at radius 3 is 2.08 bits per heavy atom. The molecule has 3 rings (SSSR count).